The van der Waals surface area contributed by atoms with Gasteiger partial charge in [0.2, 0.25) is 5.95 Å². The van der Waals surface area contributed by atoms with Crippen molar-refractivity contribution in [2.75, 3.05) is 9.62 Å². The fraction of sp³-hybridized carbons (Fsp3) is 0. The van der Waals surface area contributed by atoms with Gasteiger partial charge in [-0.1, -0.05) is 103 Å². The van der Waals surface area contributed by atoms with Gasteiger partial charge < -0.3 is 9.62 Å². The number of nitrogens with zero attached hydrogens (tertiary/aromatic N) is 4. The summed E-state index contributed by atoms with van der Waals surface area (Å²) in [5.41, 5.74) is 10.2. The van der Waals surface area contributed by atoms with Gasteiger partial charge in [-0.2, -0.15) is 0 Å². The number of rotatable bonds is 2. The van der Waals surface area contributed by atoms with E-state index in [4.69, 9.17) is 9.97 Å². The third-order valence-electron chi connectivity index (χ3n) is 7.44. The zero-order valence-electron chi connectivity index (χ0n) is 20.0. The van der Waals surface area contributed by atoms with Gasteiger partial charge in [-0.05, 0) is 35.3 Å². The first-order chi connectivity index (χ1) is 18.4. The summed E-state index contributed by atoms with van der Waals surface area (Å²) < 4.78 is 0. The summed E-state index contributed by atoms with van der Waals surface area (Å²) in [7, 11) is 0. The first kappa shape index (κ1) is 20.3. The Hall–Kier alpha value is -4.90. The Morgan fingerprint density at radius 1 is 0.486 bits per heavy atom. The van der Waals surface area contributed by atoms with Crippen molar-refractivity contribution in [3.05, 3.63) is 127 Å². The maximum Gasteiger partial charge on any atom is 0.423 e. The van der Waals surface area contributed by atoms with E-state index in [0.29, 0.717) is 5.95 Å². The third-order valence-corrected chi connectivity index (χ3v) is 7.44. The smallest absolute Gasteiger partial charge is 0.359 e. The van der Waals surface area contributed by atoms with Crippen LogP contribution in [0.3, 0.4) is 0 Å². The van der Waals surface area contributed by atoms with Crippen molar-refractivity contribution < 1.29 is 0 Å². The largest absolute Gasteiger partial charge is 0.423 e. The van der Waals surface area contributed by atoms with Gasteiger partial charge in [0.1, 0.15) is 0 Å². The minimum absolute atomic E-state index is 0.0896. The van der Waals surface area contributed by atoms with Gasteiger partial charge in [-0.3, -0.25) is 0 Å². The molecule has 1 aromatic heterocycles. The van der Waals surface area contributed by atoms with E-state index in [9.17, 15) is 0 Å². The van der Waals surface area contributed by atoms with Gasteiger partial charge >= 0.3 is 6.98 Å². The maximum atomic E-state index is 5.26. The predicted molar refractivity (Wildman–Crippen MR) is 153 cm³/mol. The van der Waals surface area contributed by atoms with E-state index >= 15 is 0 Å². The molecule has 0 saturated carbocycles. The molecule has 0 aliphatic carbocycles. The quantitative estimate of drug-likeness (QED) is 0.255. The molecule has 2 aliphatic heterocycles. The first-order valence-corrected chi connectivity index (χ1v) is 12.6. The third kappa shape index (κ3) is 2.91. The highest BCUT2D eigenvalue weighted by Gasteiger charge is 2.48. The molecular formula is C32H21BN4. The average molecular weight is 472 g/mol. The van der Waals surface area contributed by atoms with E-state index in [1.165, 1.54) is 22.3 Å². The second-order valence-corrected chi connectivity index (χ2v) is 9.46. The number of anilines is 4. The zero-order valence-corrected chi connectivity index (χ0v) is 20.0. The highest BCUT2D eigenvalue weighted by atomic mass is 15.4. The molecule has 0 bridgehead atoms. The van der Waals surface area contributed by atoms with Crippen LogP contribution < -0.4 is 15.1 Å². The molecule has 3 heterocycles. The molecule has 5 aromatic carbocycles. The van der Waals surface area contributed by atoms with E-state index in [1.54, 1.807) is 0 Å². The second kappa shape index (κ2) is 7.80. The summed E-state index contributed by atoms with van der Waals surface area (Å²) in [5, 5.41) is 1.05. The van der Waals surface area contributed by atoms with Crippen LogP contribution in [0.25, 0.3) is 33.3 Å². The van der Waals surface area contributed by atoms with Crippen LogP contribution >= 0.6 is 0 Å². The van der Waals surface area contributed by atoms with E-state index in [1.807, 2.05) is 12.1 Å². The van der Waals surface area contributed by atoms with Crippen LogP contribution in [-0.4, -0.2) is 17.0 Å². The molecule has 0 N–H and O–H groups in total. The lowest BCUT2D eigenvalue weighted by atomic mass is 9.60. The molecule has 0 saturated heterocycles. The lowest BCUT2D eigenvalue weighted by Gasteiger charge is -2.35. The number of fused-ring (bicyclic) bond motifs is 9. The lowest BCUT2D eigenvalue weighted by Crippen LogP contribution is -2.56. The first-order valence-electron chi connectivity index (χ1n) is 12.6. The molecule has 0 fully saturated rings. The van der Waals surface area contributed by atoms with Crippen molar-refractivity contribution >= 4 is 46.4 Å². The summed E-state index contributed by atoms with van der Waals surface area (Å²) in [6, 6.07) is 44.7. The number of para-hydroxylation sites is 4. The predicted octanol–water partition coefficient (Wildman–Crippen LogP) is 6.96. The van der Waals surface area contributed by atoms with Gasteiger partial charge in [0.25, 0.3) is 0 Å². The molecule has 0 atom stereocenters. The molecule has 0 radical (unpaired) electrons. The Kier molecular flexibility index (Phi) is 4.28. The van der Waals surface area contributed by atoms with Gasteiger partial charge in [0.05, 0.1) is 22.6 Å². The van der Waals surface area contributed by atoms with E-state index in [0.717, 1.165) is 33.5 Å². The minimum atomic E-state index is -0.0896. The molecule has 0 unspecified atom stereocenters. The minimum Gasteiger partial charge on any atom is -0.359 e. The molecule has 0 spiro atoms. The van der Waals surface area contributed by atoms with Crippen LogP contribution in [0.5, 0.6) is 0 Å². The summed E-state index contributed by atoms with van der Waals surface area (Å²) in [4.78, 5) is 15.2. The Labute approximate surface area is 215 Å². The van der Waals surface area contributed by atoms with Crippen LogP contribution in [0, 0.1) is 0 Å². The van der Waals surface area contributed by atoms with Gasteiger partial charge in [-0.15, -0.1) is 0 Å². The monoisotopic (exact) mass is 472 g/mol. The number of hydrogen-bond donors (Lipinski definition) is 0. The maximum absolute atomic E-state index is 5.26. The summed E-state index contributed by atoms with van der Waals surface area (Å²) in [6.07, 6.45) is 0. The molecule has 0 amide bonds. The molecule has 4 nitrogen and oxygen atoms in total. The molecule has 5 heteroatoms. The fourth-order valence-corrected chi connectivity index (χ4v) is 5.87. The Morgan fingerprint density at radius 3 is 1.95 bits per heavy atom. The Morgan fingerprint density at radius 2 is 1.11 bits per heavy atom. The van der Waals surface area contributed by atoms with Crippen LogP contribution in [0.1, 0.15) is 0 Å². The second-order valence-electron chi connectivity index (χ2n) is 9.46. The van der Waals surface area contributed by atoms with Crippen LogP contribution in [0.2, 0.25) is 0 Å². The number of hydrogen-bond acceptors (Lipinski definition) is 4. The molecule has 2 aliphatic rings. The summed E-state index contributed by atoms with van der Waals surface area (Å²) in [5.74, 6) is 0.701. The number of aromatic nitrogens is 2. The fourth-order valence-electron chi connectivity index (χ4n) is 5.87. The summed E-state index contributed by atoms with van der Waals surface area (Å²) in [6.45, 7) is -0.0896. The summed E-state index contributed by atoms with van der Waals surface area (Å²) >= 11 is 0. The van der Waals surface area contributed by atoms with Crippen LogP contribution in [0.4, 0.5) is 23.0 Å². The van der Waals surface area contributed by atoms with Crippen molar-refractivity contribution in [2.24, 2.45) is 0 Å². The van der Waals surface area contributed by atoms with Crippen molar-refractivity contribution in [2.45, 2.75) is 0 Å². The molecular weight excluding hydrogens is 451 g/mol. The van der Waals surface area contributed by atoms with Crippen molar-refractivity contribution in [3.8, 4) is 22.4 Å². The normalized spacial score (nSPS) is 13.2. The van der Waals surface area contributed by atoms with Crippen LogP contribution in [0.15, 0.2) is 127 Å². The number of benzene rings is 5. The highest BCUT2D eigenvalue weighted by molar-refractivity contribution is 6.86. The van der Waals surface area contributed by atoms with Crippen molar-refractivity contribution in [1.29, 1.82) is 0 Å². The van der Waals surface area contributed by atoms with Gasteiger partial charge in [0.15, 0.2) is 0 Å². The molecule has 37 heavy (non-hydrogen) atoms. The van der Waals surface area contributed by atoms with Crippen molar-refractivity contribution in [1.82, 2.24) is 9.97 Å². The Balaban J connectivity index is 1.43. The Bertz CT molecular complexity index is 1820. The molecule has 6 aromatic rings. The van der Waals surface area contributed by atoms with E-state index in [2.05, 4.69) is 125 Å². The topological polar surface area (TPSA) is 32.3 Å². The van der Waals surface area contributed by atoms with Crippen LogP contribution in [-0.2, 0) is 0 Å². The molecule has 8 rings (SSSR count). The van der Waals surface area contributed by atoms with E-state index in [-0.39, 0.29) is 6.98 Å². The van der Waals surface area contributed by atoms with Gasteiger partial charge in [0, 0.05) is 22.2 Å². The lowest BCUT2D eigenvalue weighted by molar-refractivity contribution is 1.16. The van der Waals surface area contributed by atoms with Gasteiger partial charge in [-0.25, -0.2) is 9.97 Å². The zero-order chi connectivity index (χ0) is 24.3. The molecule has 172 valence electrons. The van der Waals surface area contributed by atoms with E-state index < -0.39 is 0 Å². The SMILES string of the molecule is c1ccc(-c2nc(N3B4c5ccccc5-c5ccccc5N4c4ccccc43)nc3ccccc23)cc1. The highest BCUT2D eigenvalue weighted by Crippen LogP contribution is 2.50. The van der Waals surface area contributed by atoms with Crippen molar-refractivity contribution in [3.63, 3.8) is 0 Å². The average Bonchev–Trinajstić information content (AvgIpc) is 3.33. The standard InChI is InChI=1S/C32H21BN4/c1-2-12-22(13-3-1)31-25-16-5-8-18-27(25)34-32(35-31)37-30-21-11-10-20-29(30)36-28-19-9-6-15-24(28)23-14-4-7-17-26(23)33(36)37/h1-21H.